The minimum Gasteiger partial charge on any atom is -0.506 e. The summed E-state index contributed by atoms with van der Waals surface area (Å²) in [6.45, 7) is 0.537. The Morgan fingerprint density at radius 1 is 1.43 bits per heavy atom. The minimum absolute atomic E-state index is 0.187. The molecule has 3 heteroatoms. The van der Waals surface area contributed by atoms with Gasteiger partial charge in [-0.2, -0.15) is 0 Å². The molecule has 2 rings (SSSR count). The van der Waals surface area contributed by atoms with Gasteiger partial charge in [0.25, 0.3) is 0 Å². The monoisotopic (exact) mass is 189 g/mol. The predicted molar refractivity (Wildman–Crippen MR) is 54.1 cm³/mol. The first kappa shape index (κ1) is 8.97. The molecule has 0 radical (unpaired) electrons. The SMILES string of the molecule is COCc1cccc2cc(O)cnc12. The molecule has 0 amide bonds. The summed E-state index contributed by atoms with van der Waals surface area (Å²) in [5, 5.41) is 10.2. The molecular weight excluding hydrogens is 178 g/mol. The number of aromatic hydroxyl groups is 1. The number of rotatable bonds is 2. The van der Waals surface area contributed by atoms with E-state index >= 15 is 0 Å². The maximum atomic E-state index is 9.26. The van der Waals surface area contributed by atoms with Crippen molar-refractivity contribution in [2.24, 2.45) is 0 Å². The quantitative estimate of drug-likeness (QED) is 0.786. The molecule has 14 heavy (non-hydrogen) atoms. The Kier molecular flexibility index (Phi) is 2.33. The highest BCUT2D eigenvalue weighted by Gasteiger charge is 2.02. The third kappa shape index (κ3) is 1.54. The lowest BCUT2D eigenvalue weighted by atomic mass is 10.1. The smallest absolute Gasteiger partial charge is 0.134 e. The van der Waals surface area contributed by atoms with E-state index in [0.717, 1.165) is 16.5 Å². The van der Waals surface area contributed by atoms with Crippen LogP contribution >= 0.6 is 0 Å². The van der Waals surface area contributed by atoms with Gasteiger partial charge in [0, 0.05) is 18.1 Å². The van der Waals surface area contributed by atoms with Crippen LogP contribution in [0, 0.1) is 0 Å². The van der Waals surface area contributed by atoms with Crippen LogP contribution in [-0.4, -0.2) is 17.2 Å². The van der Waals surface area contributed by atoms with Gasteiger partial charge in [-0.25, -0.2) is 0 Å². The molecule has 0 atom stereocenters. The lowest BCUT2D eigenvalue weighted by Crippen LogP contribution is -1.90. The van der Waals surface area contributed by atoms with E-state index in [9.17, 15) is 5.11 Å². The summed E-state index contributed by atoms with van der Waals surface area (Å²) in [6, 6.07) is 7.51. The number of hydrogen-bond acceptors (Lipinski definition) is 3. The first-order valence-electron chi connectivity index (χ1n) is 4.37. The lowest BCUT2D eigenvalue weighted by Gasteiger charge is -2.04. The fraction of sp³-hybridized carbons (Fsp3) is 0.182. The molecular formula is C11H11NO2. The van der Waals surface area contributed by atoms with E-state index in [2.05, 4.69) is 4.98 Å². The minimum atomic E-state index is 0.187. The summed E-state index contributed by atoms with van der Waals surface area (Å²) < 4.78 is 5.06. The Morgan fingerprint density at radius 2 is 2.29 bits per heavy atom. The maximum absolute atomic E-state index is 9.26. The van der Waals surface area contributed by atoms with E-state index in [1.165, 1.54) is 6.20 Å². The van der Waals surface area contributed by atoms with Crippen molar-refractivity contribution >= 4 is 10.9 Å². The van der Waals surface area contributed by atoms with E-state index in [-0.39, 0.29) is 5.75 Å². The van der Waals surface area contributed by atoms with Gasteiger partial charge in [0.1, 0.15) is 5.75 Å². The van der Waals surface area contributed by atoms with Gasteiger partial charge < -0.3 is 9.84 Å². The van der Waals surface area contributed by atoms with Gasteiger partial charge in [-0.15, -0.1) is 0 Å². The van der Waals surface area contributed by atoms with Crippen LogP contribution in [0.2, 0.25) is 0 Å². The normalized spacial score (nSPS) is 10.6. The fourth-order valence-corrected chi connectivity index (χ4v) is 1.48. The van der Waals surface area contributed by atoms with E-state index in [0.29, 0.717) is 6.61 Å². The molecule has 3 nitrogen and oxygen atoms in total. The van der Waals surface area contributed by atoms with Gasteiger partial charge >= 0.3 is 0 Å². The van der Waals surface area contributed by atoms with Gasteiger partial charge in [0.2, 0.25) is 0 Å². The summed E-state index contributed by atoms with van der Waals surface area (Å²) in [5.74, 6) is 0.187. The number of methoxy groups -OCH3 is 1. The van der Waals surface area contributed by atoms with Crippen LogP contribution in [-0.2, 0) is 11.3 Å². The molecule has 0 fully saturated rings. The molecule has 1 N–H and O–H groups in total. The van der Waals surface area contributed by atoms with Gasteiger partial charge in [0.15, 0.2) is 0 Å². The second-order valence-corrected chi connectivity index (χ2v) is 3.12. The third-order valence-electron chi connectivity index (χ3n) is 2.08. The number of aromatic nitrogens is 1. The van der Waals surface area contributed by atoms with Gasteiger partial charge in [-0.3, -0.25) is 4.98 Å². The molecule has 2 aromatic rings. The molecule has 72 valence electrons. The number of hydrogen-bond donors (Lipinski definition) is 1. The largest absolute Gasteiger partial charge is 0.506 e. The first-order chi connectivity index (χ1) is 6.81. The summed E-state index contributed by atoms with van der Waals surface area (Å²) in [6.07, 6.45) is 1.45. The summed E-state index contributed by atoms with van der Waals surface area (Å²) in [7, 11) is 1.65. The van der Waals surface area contributed by atoms with Crippen molar-refractivity contribution < 1.29 is 9.84 Å². The van der Waals surface area contributed by atoms with Crippen LogP contribution in [0.25, 0.3) is 10.9 Å². The van der Waals surface area contributed by atoms with Crippen molar-refractivity contribution in [2.75, 3.05) is 7.11 Å². The van der Waals surface area contributed by atoms with E-state index in [4.69, 9.17) is 4.74 Å². The van der Waals surface area contributed by atoms with Crippen molar-refractivity contribution in [1.82, 2.24) is 4.98 Å². The summed E-state index contributed by atoms with van der Waals surface area (Å²) in [4.78, 5) is 4.17. The first-order valence-corrected chi connectivity index (χ1v) is 4.37. The lowest BCUT2D eigenvalue weighted by molar-refractivity contribution is 0.186. The van der Waals surface area contributed by atoms with Crippen LogP contribution in [0.3, 0.4) is 0 Å². The molecule has 0 aliphatic rings. The standard InChI is InChI=1S/C11H11NO2/c1-14-7-9-4-2-3-8-5-10(13)6-12-11(8)9/h2-6,13H,7H2,1H3. The molecule has 0 unspecified atom stereocenters. The summed E-state index contributed by atoms with van der Waals surface area (Å²) >= 11 is 0. The highest BCUT2D eigenvalue weighted by Crippen LogP contribution is 2.20. The molecule has 1 aromatic carbocycles. The Hall–Kier alpha value is -1.61. The van der Waals surface area contributed by atoms with Crippen LogP contribution in [0.4, 0.5) is 0 Å². The van der Waals surface area contributed by atoms with Gasteiger partial charge in [-0.05, 0) is 6.07 Å². The average Bonchev–Trinajstić information content (AvgIpc) is 2.18. The molecule has 0 aliphatic carbocycles. The zero-order valence-electron chi connectivity index (χ0n) is 7.90. The van der Waals surface area contributed by atoms with Crippen molar-refractivity contribution in [2.45, 2.75) is 6.61 Å². The van der Waals surface area contributed by atoms with E-state index in [1.54, 1.807) is 13.2 Å². The number of pyridine rings is 1. The Balaban J connectivity index is 2.62. The van der Waals surface area contributed by atoms with Gasteiger partial charge in [0.05, 0.1) is 18.3 Å². The van der Waals surface area contributed by atoms with Crippen LogP contribution in [0.5, 0.6) is 5.75 Å². The molecule has 0 spiro atoms. The fourth-order valence-electron chi connectivity index (χ4n) is 1.48. The second kappa shape index (κ2) is 3.64. The van der Waals surface area contributed by atoms with E-state index < -0.39 is 0 Å². The number of para-hydroxylation sites is 1. The maximum Gasteiger partial charge on any atom is 0.134 e. The molecule has 0 bridgehead atoms. The second-order valence-electron chi connectivity index (χ2n) is 3.12. The summed E-state index contributed by atoms with van der Waals surface area (Å²) in [5.41, 5.74) is 1.91. The average molecular weight is 189 g/mol. The van der Waals surface area contributed by atoms with E-state index in [1.807, 2.05) is 18.2 Å². The Labute approximate surface area is 82.0 Å². The number of benzene rings is 1. The number of ether oxygens (including phenoxy) is 1. The number of fused-ring (bicyclic) bond motifs is 1. The van der Waals surface area contributed by atoms with Crippen LogP contribution in [0.15, 0.2) is 30.5 Å². The zero-order chi connectivity index (χ0) is 9.97. The van der Waals surface area contributed by atoms with Crippen LogP contribution < -0.4 is 0 Å². The topological polar surface area (TPSA) is 42.4 Å². The Morgan fingerprint density at radius 3 is 3.07 bits per heavy atom. The highest BCUT2D eigenvalue weighted by molar-refractivity contribution is 5.82. The molecule has 0 saturated carbocycles. The van der Waals surface area contributed by atoms with Gasteiger partial charge in [-0.1, -0.05) is 18.2 Å². The highest BCUT2D eigenvalue weighted by atomic mass is 16.5. The third-order valence-corrected chi connectivity index (χ3v) is 2.08. The van der Waals surface area contributed by atoms with Crippen LogP contribution in [0.1, 0.15) is 5.56 Å². The molecule has 0 aliphatic heterocycles. The van der Waals surface area contributed by atoms with Crippen molar-refractivity contribution in [3.8, 4) is 5.75 Å². The molecule has 0 saturated heterocycles. The molecule has 1 aromatic heterocycles. The van der Waals surface area contributed by atoms with Crippen molar-refractivity contribution in [3.05, 3.63) is 36.0 Å². The van der Waals surface area contributed by atoms with Crippen molar-refractivity contribution in [3.63, 3.8) is 0 Å². The predicted octanol–water partition coefficient (Wildman–Crippen LogP) is 2.09. The van der Waals surface area contributed by atoms with Crippen molar-refractivity contribution in [1.29, 1.82) is 0 Å². The molecule has 1 heterocycles. The number of nitrogens with zero attached hydrogens (tertiary/aromatic N) is 1. The Bertz CT molecular complexity index is 454. The zero-order valence-corrected chi connectivity index (χ0v) is 7.90.